The predicted octanol–water partition coefficient (Wildman–Crippen LogP) is 3.02. The van der Waals surface area contributed by atoms with Gasteiger partial charge >= 0.3 is 0 Å². The number of amides is 1. The maximum absolute atomic E-state index is 12.4. The molecule has 0 bridgehead atoms. The summed E-state index contributed by atoms with van der Waals surface area (Å²) in [7, 11) is -3.13. The molecule has 0 aliphatic carbocycles. The summed E-state index contributed by atoms with van der Waals surface area (Å²) < 4.78 is 22.7. The van der Waals surface area contributed by atoms with Crippen molar-refractivity contribution in [2.45, 2.75) is 26.3 Å². The molecule has 0 aliphatic rings. The van der Waals surface area contributed by atoms with E-state index in [1.165, 1.54) is 6.08 Å². The highest BCUT2D eigenvalue weighted by molar-refractivity contribution is 7.90. The Hall–Kier alpha value is -1.33. The Morgan fingerprint density at radius 3 is 2.36 bits per heavy atom. The van der Waals surface area contributed by atoms with Crippen molar-refractivity contribution in [3.8, 4) is 0 Å². The van der Waals surface area contributed by atoms with E-state index in [1.807, 2.05) is 39.0 Å². The number of carbonyl (C=O) groups is 1. The van der Waals surface area contributed by atoms with Crippen molar-refractivity contribution in [1.82, 2.24) is 4.90 Å². The van der Waals surface area contributed by atoms with Crippen LogP contribution in [0.2, 0.25) is 5.02 Å². The highest BCUT2D eigenvalue weighted by atomic mass is 35.5. The number of carbonyl (C=O) groups excluding carboxylic acids is 1. The first kappa shape index (κ1) is 18.7. The van der Waals surface area contributed by atoms with E-state index >= 15 is 0 Å². The van der Waals surface area contributed by atoms with Crippen LogP contribution in [0.15, 0.2) is 30.3 Å². The van der Waals surface area contributed by atoms with Crippen LogP contribution < -0.4 is 0 Å². The molecule has 1 aromatic rings. The van der Waals surface area contributed by atoms with Crippen molar-refractivity contribution in [3.05, 3.63) is 40.9 Å². The number of sulfone groups is 1. The first-order chi connectivity index (χ1) is 10.0. The molecule has 1 rings (SSSR count). The molecule has 6 heteroatoms. The zero-order valence-corrected chi connectivity index (χ0v) is 14.9. The zero-order chi connectivity index (χ0) is 17.0. The number of hydrogen-bond donors (Lipinski definition) is 0. The van der Waals surface area contributed by atoms with Crippen LogP contribution >= 0.6 is 11.6 Å². The number of halogens is 1. The van der Waals surface area contributed by atoms with Gasteiger partial charge in [0.15, 0.2) is 0 Å². The quantitative estimate of drug-likeness (QED) is 0.772. The maximum Gasteiger partial charge on any atom is 0.247 e. The van der Waals surface area contributed by atoms with Crippen LogP contribution in [0.5, 0.6) is 0 Å². The summed E-state index contributed by atoms with van der Waals surface area (Å²) in [5, 5.41) is 0.560. The van der Waals surface area contributed by atoms with Crippen LogP contribution in [0.3, 0.4) is 0 Å². The topological polar surface area (TPSA) is 54.5 Å². The molecule has 0 atom stereocenters. The van der Waals surface area contributed by atoms with Crippen molar-refractivity contribution in [2.75, 3.05) is 18.6 Å². The molecular formula is C16H22ClNO3S. The Morgan fingerprint density at radius 1 is 1.27 bits per heavy atom. The summed E-state index contributed by atoms with van der Waals surface area (Å²) in [5.41, 5.74) is 0.279. The van der Waals surface area contributed by atoms with Gasteiger partial charge in [-0.2, -0.15) is 0 Å². The fourth-order valence-electron chi connectivity index (χ4n) is 1.89. The number of rotatable bonds is 5. The molecule has 122 valence electrons. The van der Waals surface area contributed by atoms with E-state index < -0.39 is 15.4 Å². The lowest BCUT2D eigenvalue weighted by Crippen LogP contribution is -2.47. The van der Waals surface area contributed by atoms with Gasteiger partial charge in [0.1, 0.15) is 9.84 Å². The largest absolute Gasteiger partial charge is 0.333 e. The average Bonchev–Trinajstić information content (AvgIpc) is 2.35. The van der Waals surface area contributed by atoms with E-state index in [0.29, 0.717) is 5.02 Å². The van der Waals surface area contributed by atoms with Gasteiger partial charge in [-0.15, -0.1) is 0 Å². The Balaban J connectivity index is 2.91. The summed E-state index contributed by atoms with van der Waals surface area (Å²) in [5.74, 6) is -0.299. The fraction of sp³-hybridized carbons (Fsp3) is 0.438. The SMILES string of the molecule is CC(C)(C)N(CCS(C)(=O)=O)C(=O)/C=C/c1ccccc1Cl. The Labute approximate surface area is 137 Å². The van der Waals surface area contributed by atoms with E-state index in [4.69, 9.17) is 11.6 Å². The van der Waals surface area contributed by atoms with Gasteiger partial charge in [-0.05, 0) is 38.5 Å². The van der Waals surface area contributed by atoms with Crippen LogP contribution in [-0.2, 0) is 14.6 Å². The molecule has 0 radical (unpaired) electrons. The summed E-state index contributed by atoms with van der Waals surface area (Å²) in [4.78, 5) is 13.9. The third-order valence-electron chi connectivity index (χ3n) is 3.07. The van der Waals surface area contributed by atoms with E-state index in [-0.39, 0.29) is 18.2 Å². The van der Waals surface area contributed by atoms with Gasteiger partial charge in [0.25, 0.3) is 0 Å². The second-order valence-electron chi connectivity index (χ2n) is 6.15. The van der Waals surface area contributed by atoms with Crippen molar-refractivity contribution >= 4 is 33.4 Å². The summed E-state index contributed by atoms with van der Waals surface area (Å²) in [6.07, 6.45) is 4.23. The summed E-state index contributed by atoms with van der Waals surface area (Å²) in [6.45, 7) is 5.78. The van der Waals surface area contributed by atoms with E-state index in [1.54, 1.807) is 17.0 Å². The molecule has 0 saturated heterocycles. The first-order valence-electron chi connectivity index (χ1n) is 6.92. The minimum absolute atomic E-state index is 0.0596. The van der Waals surface area contributed by atoms with Crippen LogP contribution in [0, 0.1) is 0 Å². The Morgan fingerprint density at radius 2 is 1.86 bits per heavy atom. The number of nitrogens with zero attached hydrogens (tertiary/aromatic N) is 1. The molecule has 0 saturated carbocycles. The molecule has 22 heavy (non-hydrogen) atoms. The molecule has 0 aliphatic heterocycles. The molecule has 1 aromatic carbocycles. The molecule has 4 nitrogen and oxygen atoms in total. The molecular weight excluding hydrogens is 322 g/mol. The summed E-state index contributed by atoms with van der Waals surface area (Å²) >= 11 is 6.04. The van der Waals surface area contributed by atoms with Gasteiger partial charge in [-0.3, -0.25) is 4.79 Å². The van der Waals surface area contributed by atoms with Crippen LogP contribution in [0.1, 0.15) is 26.3 Å². The number of benzene rings is 1. The van der Waals surface area contributed by atoms with E-state index in [9.17, 15) is 13.2 Å². The van der Waals surface area contributed by atoms with Crippen molar-refractivity contribution in [3.63, 3.8) is 0 Å². The second kappa shape index (κ2) is 7.29. The fourth-order valence-corrected chi connectivity index (χ4v) is 2.61. The van der Waals surface area contributed by atoms with Gasteiger partial charge in [-0.25, -0.2) is 8.42 Å². The third-order valence-corrected chi connectivity index (χ3v) is 4.34. The van der Waals surface area contributed by atoms with Crippen molar-refractivity contribution < 1.29 is 13.2 Å². The lowest BCUT2D eigenvalue weighted by atomic mass is 10.1. The zero-order valence-electron chi connectivity index (χ0n) is 13.3. The van der Waals surface area contributed by atoms with Gasteiger partial charge in [-0.1, -0.05) is 29.8 Å². The lowest BCUT2D eigenvalue weighted by molar-refractivity contribution is -0.130. The van der Waals surface area contributed by atoms with Gasteiger partial charge < -0.3 is 4.90 Å². The highest BCUT2D eigenvalue weighted by Gasteiger charge is 2.25. The Bertz CT molecular complexity index is 660. The normalized spacial score (nSPS) is 12.6. The molecule has 0 N–H and O–H groups in total. The van der Waals surface area contributed by atoms with Crippen LogP contribution in [0.25, 0.3) is 6.08 Å². The Kier molecular flexibility index (Phi) is 6.20. The highest BCUT2D eigenvalue weighted by Crippen LogP contribution is 2.18. The molecule has 0 spiro atoms. The van der Waals surface area contributed by atoms with Crippen LogP contribution in [0.4, 0.5) is 0 Å². The van der Waals surface area contributed by atoms with Crippen LogP contribution in [-0.4, -0.2) is 43.3 Å². The molecule has 0 fully saturated rings. The maximum atomic E-state index is 12.4. The molecule has 0 aromatic heterocycles. The second-order valence-corrected chi connectivity index (χ2v) is 8.81. The van der Waals surface area contributed by atoms with Crippen molar-refractivity contribution in [1.29, 1.82) is 0 Å². The monoisotopic (exact) mass is 343 g/mol. The number of hydrogen-bond acceptors (Lipinski definition) is 3. The first-order valence-corrected chi connectivity index (χ1v) is 9.36. The van der Waals surface area contributed by atoms with E-state index in [2.05, 4.69) is 0 Å². The minimum Gasteiger partial charge on any atom is -0.333 e. The summed E-state index contributed by atoms with van der Waals surface area (Å²) in [6, 6.07) is 7.21. The molecule has 0 heterocycles. The third kappa shape index (κ3) is 6.20. The minimum atomic E-state index is -3.13. The van der Waals surface area contributed by atoms with Gasteiger partial charge in [0, 0.05) is 29.4 Å². The molecule has 1 amide bonds. The van der Waals surface area contributed by atoms with Gasteiger partial charge in [0.05, 0.1) is 5.75 Å². The standard InChI is InChI=1S/C16H22ClNO3S/c1-16(2,3)18(11-12-22(4,20)21)15(19)10-9-13-7-5-6-8-14(13)17/h5-10H,11-12H2,1-4H3/b10-9+. The van der Waals surface area contributed by atoms with Gasteiger partial charge in [0.2, 0.25) is 5.91 Å². The van der Waals surface area contributed by atoms with Crippen molar-refractivity contribution in [2.24, 2.45) is 0 Å². The smallest absolute Gasteiger partial charge is 0.247 e. The van der Waals surface area contributed by atoms with E-state index in [0.717, 1.165) is 11.8 Å². The predicted molar refractivity (Wildman–Crippen MR) is 91.7 cm³/mol. The average molecular weight is 344 g/mol. The molecule has 0 unspecified atom stereocenters. The lowest BCUT2D eigenvalue weighted by Gasteiger charge is -2.34.